The average molecular weight is 166 g/mol. The van der Waals surface area contributed by atoms with Crippen molar-refractivity contribution >= 4 is 17.3 Å². The molecule has 2 nitrogen and oxygen atoms in total. The van der Waals surface area contributed by atoms with Crippen LogP contribution in [0.4, 0.5) is 0 Å². The second-order valence-electron chi connectivity index (χ2n) is 1.80. The van der Waals surface area contributed by atoms with E-state index in [0.717, 1.165) is 4.88 Å². The monoisotopic (exact) mass is 166 g/mol. The molecule has 1 aromatic rings. The molecule has 0 spiro atoms. The van der Waals surface area contributed by atoms with Crippen molar-refractivity contribution in [3.63, 3.8) is 0 Å². The number of thiophene rings is 1. The van der Waals surface area contributed by atoms with Gasteiger partial charge in [-0.3, -0.25) is 0 Å². The van der Waals surface area contributed by atoms with Crippen molar-refractivity contribution in [3.8, 4) is 12.3 Å². The van der Waals surface area contributed by atoms with Crippen LogP contribution in [-0.4, -0.2) is 5.97 Å². The van der Waals surface area contributed by atoms with Gasteiger partial charge in [0.2, 0.25) is 0 Å². The first kappa shape index (κ1) is 7.83. The number of rotatable bonds is 2. The molecule has 0 aliphatic rings. The van der Waals surface area contributed by atoms with Crippen LogP contribution in [0, 0.1) is 12.3 Å². The van der Waals surface area contributed by atoms with E-state index in [1.165, 1.54) is 11.3 Å². The van der Waals surface area contributed by atoms with E-state index < -0.39 is 5.97 Å². The third kappa shape index (κ3) is 2.44. The van der Waals surface area contributed by atoms with E-state index in [1.54, 1.807) is 0 Å². The summed E-state index contributed by atoms with van der Waals surface area (Å²) < 4.78 is 4.67. The van der Waals surface area contributed by atoms with Gasteiger partial charge in [-0.05, 0) is 11.4 Å². The zero-order valence-corrected chi connectivity index (χ0v) is 6.56. The number of carbonyl (C=O) groups is 1. The predicted molar refractivity (Wildman–Crippen MR) is 42.9 cm³/mol. The Labute approximate surface area is 68.8 Å². The van der Waals surface area contributed by atoms with Gasteiger partial charge in [-0.1, -0.05) is 6.07 Å². The molecule has 0 radical (unpaired) electrons. The Hall–Kier alpha value is -1.27. The first-order valence-corrected chi connectivity index (χ1v) is 3.86. The molecule has 0 atom stereocenters. The lowest BCUT2D eigenvalue weighted by Gasteiger charge is -1.95. The fourth-order valence-corrected chi connectivity index (χ4v) is 1.19. The molecule has 56 valence electrons. The van der Waals surface area contributed by atoms with E-state index in [1.807, 2.05) is 23.4 Å². The predicted octanol–water partition coefficient (Wildman–Crippen LogP) is 1.42. The van der Waals surface area contributed by atoms with Gasteiger partial charge in [0.1, 0.15) is 6.61 Å². The Morgan fingerprint density at radius 1 is 1.82 bits per heavy atom. The first-order chi connectivity index (χ1) is 5.33. The van der Waals surface area contributed by atoms with Crippen LogP contribution in [0.2, 0.25) is 0 Å². The topological polar surface area (TPSA) is 26.3 Å². The van der Waals surface area contributed by atoms with E-state index in [-0.39, 0.29) is 6.61 Å². The van der Waals surface area contributed by atoms with Crippen molar-refractivity contribution in [1.82, 2.24) is 0 Å². The molecule has 0 fully saturated rings. The highest BCUT2D eigenvalue weighted by atomic mass is 32.1. The Balaban J connectivity index is 2.36. The Morgan fingerprint density at radius 3 is 3.18 bits per heavy atom. The summed E-state index contributed by atoms with van der Waals surface area (Å²) in [6.45, 7) is 0.278. The fourth-order valence-electron chi connectivity index (χ4n) is 0.573. The maximum atomic E-state index is 10.5. The van der Waals surface area contributed by atoms with Gasteiger partial charge in [-0.15, -0.1) is 17.8 Å². The second kappa shape index (κ2) is 3.79. The minimum Gasteiger partial charge on any atom is -0.450 e. The maximum Gasteiger partial charge on any atom is 0.384 e. The SMILES string of the molecule is C#CC(=O)OCc1cccs1. The molecular formula is C8H6O2S. The van der Waals surface area contributed by atoms with Gasteiger partial charge in [0, 0.05) is 10.8 Å². The fraction of sp³-hybridized carbons (Fsp3) is 0.125. The zero-order valence-electron chi connectivity index (χ0n) is 5.74. The van der Waals surface area contributed by atoms with Gasteiger partial charge in [0.05, 0.1) is 0 Å². The summed E-state index contributed by atoms with van der Waals surface area (Å²) in [7, 11) is 0. The summed E-state index contributed by atoms with van der Waals surface area (Å²) in [5.74, 6) is 1.26. The van der Waals surface area contributed by atoms with Crippen LogP contribution in [0.3, 0.4) is 0 Å². The van der Waals surface area contributed by atoms with E-state index in [0.29, 0.717) is 0 Å². The van der Waals surface area contributed by atoms with Crippen molar-refractivity contribution in [2.45, 2.75) is 6.61 Å². The molecule has 0 aromatic carbocycles. The highest BCUT2D eigenvalue weighted by Gasteiger charge is 1.97. The first-order valence-electron chi connectivity index (χ1n) is 2.98. The molecular weight excluding hydrogens is 160 g/mol. The molecule has 0 saturated heterocycles. The molecule has 0 aliphatic carbocycles. The summed E-state index contributed by atoms with van der Waals surface area (Å²) in [5.41, 5.74) is 0. The lowest BCUT2D eigenvalue weighted by atomic mass is 10.5. The molecule has 1 aromatic heterocycles. The Bertz CT molecular complexity index is 269. The van der Waals surface area contributed by atoms with Gasteiger partial charge in [-0.25, -0.2) is 4.79 Å². The van der Waals surface area contributed by atoms with E-state index >= 15 is 0 Å². The summed E-state index contributed by atoms with van der Waals surface area (Å²) >= 11 is 1.53. The lowest BCUT2D eigenvalue weighted by Crippen LogP contribution is -1.99. The third-order valence-electron chi connectivity index (χ3n) is 1.04. The maximum absolute atomic E-state index is 10.5. The number of ether oxygens (including phenoxy) is 1. The molecule has 0 amide bonds. The Morgan fingerprint density at radius 2 is 2.64 bits per heavy atom. The van der Waals surface area contributed by atoms with E-state index in [4.69, 9.17) is 6.42 Å². The number of carbonyl (C=O) groups excluding carboxylic acids is 1. The lowest BCUT2D eigenvalue weighted by molar-refractivity contribution is -0.137. The third-order valence-corrected chi connectivity index (χ3v) is 1.89. The standard InChI is InChI=1S/C8H6O2S/c1-2-8(9)10-6-7-4-3-5-11-7/h1,3-5H,6H2. The van der Waals surface area contributed by atoms with E-state index in [9.17, 15) is 4.79 Å². The van der Waals surface area contributed by atoms with Crippen LogP contribution in [0.5, 0.6) is 0 Å². The molecule has 0 bridgehead atoms. The van der Waals surface area contributed by atoms with Crippen molar-refractivity contribution in [3.05, 3.63) is 22.4 Å². The second-order valence-corrected chi connectivity index (χ2v) is 2.83. The van der Waals surface area contributed by atoms with Gasteiger partial charge in [-0.2, -0.15) is 0 Å². The van der Waals surface area contributed by atoms with Crippen LogP contribution in [-0.2, 0) is 16.1 Å². The molecule has 1 rings (SSSR count). The van der Waals surface area contributed by atoms with Crippen molar-refractivity contribution in [2.24, 2.45) is 0 Å². The average Bonchev–Trinajstić information content (AvgIpc) is 2.52. The largest absolute Gasteiger partial charge is 0.450 e. The quantitative estimate of drug-likeness (QED) is 0.377. The van der Waals surface area contributed by atoms with Crippen molar-refractivity contribution < 1.29 is 9.53 Å². The molecule has 11 heavy (non-hydrogen) atoms. The van der Waals surface area contributed by atoms with Gasteiger partial charge in [0.25, 0.3) is 0 Å². The number of hydrogen-bond acceptors (Lipinski definition) is 3. The minimum atomic E-state index is -0.613. The Kier molecular flexibility index (Phi) is 2.70. The molecule has 3 heteroatoms. The van der Waals surface area contributed by atoms with Gasteiger partial charge in [0.15, 0.2) is 0 Å². The summed E-state index contributed by atoms with van der Waals surface area (Å²) in [6.07, 6.45) is 4.79. The number of esters is 1. The number of terminal acetylenes is 1. The molecule has 0 N–H and O–H groups in total. The zero-order chi connectivity index (χ0) is 8.10. The van der Waals surface area contributed by atoms with Crippen LogP contribution in [0.15, 0.2) is 17.5 Å². The van der Waals surface area contributed by atoms with Crippen LogP contribution in [0.1, 0.15) is 4.88 Å². The van der Waals surface area contributed by atoms with Crippen LogP contribution in [0.25, 0.3) is 0 Å². The molecule has 1 heterocycles. The summed E-state index contributed by atoms with van der Waals surface area (Å²) in [5, 5.41) is 1.92. The van der Waals surface area contributed by atoms with Crippen LogP contribution < -0.4 is 0 Å². The molecule has 0 aliphatic heterocycles. The minimum absolute atomic E-state index is 0.278. The van der Waals surface area contributed by atoms with Gasteiger partial charge < -0.3 is 4.74 Å². The highest BCUT2D eigenvalue weighted by molar-refractivity contribution is 7.09. The van der Waals surface area contributed by atoms with E-state index in [2.05, 4.69) is 4.74 Å². The van der Waals surface area contributed by atoms with Crippen LogP contribution >= 0.6 is 11.3 Å². The van der Waals surface area contributed by atoms with Gasteiger partial charge >= 0.3 is 5.97 Å². The summed E-state index contributed by atoms with van der Waals surface area (Å²) in [4.78, 5) is 11.4. The smallest absolute Gasteiger partial charge is 0.384 e. The molecule has 0 unspecified atom stereocenters. The number of hydrogen-bond donors (Lipinski definition) is 0. The van der Waals surface area contributed by atoms with Crippen molar-refractivity contribution in [2.75, 3.05) is 0 Å². The summed E-state index contributed by atoms with van der Waals surface area (Å²) in [6, 6.07) is 3.78. The molecule has 0 saturated carbocycles. The normalized spacial score (nSPS) is 8.64. The van der Waals surface area contributed by atoms with Crippen molar-refractivity contribution in [1.29, 1.82) is 0 Å². The highest BCUT2D eigenvalue weighted by Crippen LogP contribution is 2.09.